The highest BCUT2D eigenvalue weighted by Gasteiger charge is 2.28. The van der Waals surface area contributed by atoms with Crippen molar-refractivity contribution in [3.63, 3.8) is 0 Å². The Labute approximate surface area is 131 Å². The van der Waals surface area contributed by atoms with E-state index in [1.54, 1.807) is 0 Å². The molecule has 0 aliphatic carbocycles. The lowest BCUT2D eigenvalue weighted by Crippen LogP contribution is -2.22. The van der Waals surface area contributed by atoms with E-state index in [4.69, 9.17) is 28.9 Å². The molecular weight excluding hydrogens is 319 g/mol. The summed E-state index contributed by atoms with van der Waals surface area (Å²) in [5, 5.41) is 10.7. The molecule has 112 valence electrons. The van der Waals surface area contributed by atoms with Crippen LogP contribution >= 0.6 is 23.2 Å². The van der Waals surface area contributed by atoms with Gasteiger partial charge < -0.3 is 10.8 Å². The molecule has 0 aliphatic heterocycles. The van der Waals surface area contributed by atoms with Gasteiger partial charge in [0.15, 0.2) is 0 Å². The second-order valence-corrected chi connectivity index (χ2v) is 5.43. The Balaban J connectivity index is 2.46. The van der Waals surface area contributed by atoms with Crippen LogP contribution < -0.4 is 5.73 Å². The third kappa shape index (κ3) is 3.35. The summed E-state index contributed by atoms with van der Waals surface area (Å²) < 4.78 is 27.9. The van der Waals surface area contributed by atoms with E-state index in [1.165, 1.54) is 30.3 Å². The molecule has 0 amide bonds. The smallest absolute Gasteiger partial charge is 0.130 e. The zero-order valence-electron chi connectivity index (χ0n) is 10.9. The molecule has 0 bridgehead atoms. The molecule has 6 heteroatoms. The molecule has 21 heavy (non-hydrogen) atoms. The Morgan fingerprint density at radius 1 is 1.10 bits per heavy atom. The quantitative estimate of drug-likeness (QED) is 0.887. The predicted molar refractivity (Wildman–Crippen MR) is 79.6 cm³/mol. The third-order valence-corrected chi connectivity index (χ3v) is 3.85. The number of rotatable bonds is 4. The molecule has 0 aliphatic rings. The van der Waals surface area contributed by atoms with Crippen molar-refractivity contribution in [1.29, 1.82) is 0 Å². The maximum Gasteiger partial charge on any atom is 0.130 e. The number of hydrogen-bond acceptors (Lipinski definition) is 2. The first-order chi connectivity index (χ1) is 9.95. The molecule has 0 heterocycles. The Morgan fingerprint density at radius 2 is 1.81 bits per heavy atom. The number of halogens is 4. The van der Waals surface area contributed by atoms with Gasteiger partial charge in [0.05, 0.1) is 6.10 Å². The number of nitrogens with two attached hydrogens (primary N) is 1. The molecule has 0 fully saturated rings. The highest BCUT2D eigenvalue weighted by atomic mass is 35.5. The Hall–Kier alpha value is -1.20. The van der Waals surface area contributed by atoms with E-state index < -0.39 is 23.7 Å². The molecule has 0 saturated heterocycles. The number of benzene rings is 2. The van der Waals surface area contributed by atoms with Gasteiger partial charge in [-0.2, -0.15) is 0 Å². The predicted octanol–water partition coefficient (Wildman–Crippen LogP) is 4.05. The van der Waals surface area contributed by atoms with E-state index in [2.05, 4.69) is 0 Å². The maximum absolute atomic E-state index is 14.0. The average Bonchev–Trinajstić information content (AvgIpc) is 2.42. The SMILES string of the molecule is NCC(c1c(F)cccc1Cl)C(O)c1ccc(Cl)cc1F. The lowest BCUT2D eigenvalue weighted by atomic mass is 9.88. The van der Waals surface area contributed by atoms with E-state index >= 15 is 0 Å². The fourth-order valence-corrected chi connectivity index (χ4v) is 2.69. The van der Waals surface area contributed by atoms with Gasteiger partial charge >= 0.3 is 0 Å². The second kappa shape index (κ2) is 6.71. The first-order valence-electron chi connectivity index (χ1n) is 6.22. The van der Waals surface area contributed by atoms with Crippen LogP contribution in [0.5, 0.6) is 0 Å². The van der Waals surface area contributed by atoms with Crippen LogP contribution in [0, 0.1) is 11.6 Å². The Morgan fingerprint density at radius 3 is 2.38 bits per heavy atom. The minimum absolute atomic E-state index is 0.00540. The van der Waals surface area contributed by atoms with Gasteiger partial charge in [0, 0.05) is 33.6 Å². The summed E-state index contributed by atoms with van der Waals surface area (Å²) in [6.07, 6.45) is -1.33. The van der Waals surface area contributed by atoms with Crippen molar-refractivity contribution in [3.05, 3.63) is 69.2 Å². The Bertz CT molecular complexity index is 631. The van der Waals surface area contributed by atoms with Gasteiger partial charge in [-0.05, 0) is 24.3 Å². The van der Waals surface area contributed by atoms with Crippen LogP contribution in [-0.2, 0) is 0 Å². The highest BCUT2D eigenvalue weighted by Crippen LogP contribution is 2.37. The summed E-state index contributed by atoms with van der Waals surface area (Å²) in [5.74, 6) is -2.14. The lowest BCUT2D eigenvalue weighted by molar-refractivity contribution is 0.141. The molecule has 2 rings (SSSR count). The van der Waals surface area contributed by atoms with Gasteiger partial charge in [0.2, 0.25) is 0 Å². The Kier molecular flexibility index (Phi) is 5.17. The average molecular weight is 332 g/mol. The first-order valence-corrected chi connectivity index (χ1v) is 6.98. The molecule has 0 spiro atoms. The zero-order chi connectivity index (χ0) is 15.6. The molecular formula is C15H13Cl2F2NO. The van der Waals surface area contributed by atoms with Gasteiger partial charge in [-0.15, -0.1) is 0 Å². The van der Waals surface area contributed by atoms with Crippen LogP contribution in [0.4, 0.5) is 8.78 Å². The monoisotopic (exact) mass is 331 g/mol. The zero-order valence-corrected chi connectivity index (χ0v) is 12.4. The van der Waals surface area contributed by atoms with Gasteiger partial charge in [-0.25, -0.2) is 8.78 Å². The molecule has 2 aromatic carbocycles. The summed E-state index contributed by atoms with van der Waals surface area (Å²) in [4.78, 5) is 0. The molecule has 0 radical (unpaired) electrons. The molecule has 0 aromatic heterocycles. The summed E-state index contributed by atoms with van der Waals surface area (Å²) >= 11 is 11.7. The van der Waals surface area contributed by atoms with E-state index in [-0.39, 0.29) is 27.7 Å². The minimum atomic E-state index is -1.33. The van der Waals surface area contributed by atoms with Crippen LogP contribution in [0.25, 0.3) is 0 Å². The van der Waals surface area contributed by atoms with Gasteiger partial charge in [-0.1, -0.05) is 35.3 Å². The highest BCUT2D eigenvalue weighted by molar-refractivity contribution is 6.31. The van der Waals surface area contributed by atoms with Crippen LogP contribution in [-0.4, -0.2) is 11.7 Å². The van der Waals surface area contributed by atoms with Crippen molar-refractivity contribution in [1.82, 2.24) is 0 Å². The minimum Gasteiger partial charge on any atom is -0.388 e. The normalized spacial score (nSPS) is 14.0. The van der Waals surface area contributed by atoms with E-state index in [9.17, 15) is 13.9 Å². The molecule has 2 atom stereocenters. The summed E-state index contributed by atoms with van der Waals surface area (Å²) in [6.45, 7) is -0.0934. The van der Waals surface area contributed by atoms with Crippen LogP contribution in [0.2, 0.25) is 10.0 Å². The molecule has 0 saturated carbocycles. The topological polar surface area (TPSA) is 46.2 Å². The van der Waals surface area contributed by atoms with Crippen molar-refractivity contribution in [2.75, 3.05) is 6.54 Å². The van der Waals surface area contributed by atoms with Gasteiger partial charge in [0.1, 0.15) is 11.6 Å². The van der Waals surface area contributed by atoms with Crippen LogP contribution in [0.15, 0.2) is 36.4 Å². The van der Waals surface area contributed by atoms with Crippen molar-refractivity contribution in [2.24, 2.45) is 5.73 Å². The van der Waals surface area contributed by atoms with Crippen molar-refractivity contribution in [3.8, 4) is 0 Å². The largest absolute Gasteiger partial charge is 0.388 e. The molecule has 2 unspecified atom stereocenters. The van der Waals surface area contributed by atoms with E-state index in [0.29, 0.717) is 0 Å². The summed E-state index contributed by atoms with van der Waals surface area (Å²) in [6, 6.07) is 8.03. The molecule has 2 nitrogen and oxygen atoms in total. The van der Waals surface area contributed by atoms with Gasteiger partial charge in [0.25, 0.3) is 0 Å². The van der Waals surface area contributed by atoms with Crippen molar-refractivity contribution in [2.45, 2.75) is 12.0 Å². The first kappa shape index (κ1) is 16.2. The number of hydrogen-bond donors (Lipinski definition) is 2. The van der Waals surface area contributed by atoms with Crippen molar-refractivity contribution >= 4 is 23.2 Å². The lowest BCUT2D eigenvalue weighted by Gasteiger charge is -2.24. The van der Waals surface area contributed by atoms with E-state index in [1.807, 2.05) is 0 Å². The van der Waals surface area contributed by atoms with Crippen LogP contribution in [0.1, 0.15) is 23.1 Å². The summed E-state index contributed by atoms with van der Waals surface area (Å²) in [5.41, 5.74) is 5.69. The fraction of sp³-hybridized carbons (Fsp3) is 0.200. The molecule has 2 aromatic rings. The van der Waals surface area contributed by atoms with E-state index in [0.717, 1.165) is 6.07 Å². The third-order valence-electron chi connectivity index (χ3n) is 3.29. The number of aliphatic hydroxyl groups is 1. The fourth-order valence-electron chi connectivity index (χ4n) is 2.23. The standard InChI is InChI=1S/C15H13Cl2F2NO/c16-8-4-5-9(13(19)6-8)15(21)10(7-20)14-11(17)2-1-3-12(14)18/h1-6,10,15,21H,7,20H2. The van der Waals surface area contributed by atoms with Crippen LogP contribution in [0.3, 0.4) is 0 Å². The van der Waals surface area contributed by atoms with Crippen molar-refractivity contribution < 1.29 is 13.9 Å². The van der Waals surface area contributed by atoms with Gasteiger partial charge in [-0.3, -0.25) is 0 Å². The second-order valence-electron chi connectivity index (χ2n) is 4.59. The number of aliphatic hydroxyl groups excluding tert-OH is 1. The maximum atomic E-state index is 14.0. The molecule has 3 N–H and O–H groups in total. The summed E-state index contributed by atoms with van der Waals surface area (Å²) in [7, 11) is 0.